The van der Waals surface area contributed by atoms with E-state index in [4.69, 9.17) is 34.8 Å². The van der Waals surface area contributed by atoms with Crippen molar-refractivity contribution in [2.45, 2.75) is 0 Å². The van der Waals surface area contributed by atoms with E-state index in [0.717, 1.165) is 0 Å². The number of rotatable bonds is 2. The second-order valence-electron chi connectivity index (χ2n) is 3.12. The molecule has 2 rings (SSSR count). The van der Waals surface area contributed by atoms with Crippen molar-refractivity contribution in [2.75, 3.05) is 5.32 Å². The Kier molecular flexibility index (Phi) is 3.66. The van der Waals surface area contributed by atoms with E-state index >= 15 is 0 Å². The molecule has 1 aromatic carbocycles. The van der Waals surface area contributed by atoms with Gasteiger partial charge in [-0.15, -0.1) is 10.2 Å². The van der Waals surface area contributed by atoms with Gasteiger partial charge in [0.15, 0.2) is 10.3 Å². The first-order valence-electron chi connectivity index (χ1n) is 4.47. The summed E-state index contributed by atoms with van der Waals surface area (Å²) in [6, 6.07) is 5.56. The van der Waals surface area contributed by atoms with Gasteiger partial charge in [0.1, 0.15) is 5.82 Å². The highest BCUT2D eigenvalue weighted by Crippen LogP contribution is 2.28. The molecule has 0 aliphatic heterocycles. The minimum Gasteiger partial charge on any atom is -0.350 e. The third-order valence-electron chi connectivity index (χ3n) is 1.92. The number of anilines is 2. The Hall–Kier alpha value is -1.10. The lowest BCUT2D eigenvalue weighted by molar-refractivity contribution is 0.632. The maximum absolute atomic E-state index is 13.5. The molecule has 0 aliphatic rings. The molecule has 7 heteroatoms. The molecule has 0 bridgehead atoms. The van der Waals surface area contributed by atoms with Crippen LogP contribution in [-0.2, 0) is 0 Å². The molecule has 3 nitrogen and oxygen atoms in total. The zero-order valence-corrected chi connectivity index (χ0v) is 10.5. The summed E-state index contributed by atoms with van der Waals surface area (Å²) in [6.07, 6.45) is 0. The van der Waals surface area contributed by atoms with Gasteiger partial charge >= 0.3 is 0 Å². The van der Waals surface area contributed by atoms with Crippen molar-refractivity contribution in [1.29, 1.82) is 0 Å². The number of benzene rings is 1. The van der Waals surface area contributed by atoms with Gasteiger partial charge in [-0.2, -0.15) is 0 Å². The fourth-order valence-corrected chi connectivity index (χ4v) is 1.64. The van der Waals surface area contributed by atoms with E-state index in [1.165, 1.54) is 24.3 Å². The summed E-state index contributed by atoms with van der Waals surface area (Å²) >= 11 is 17.2. The summed E-state index contributed by atoms with van der Waals surface area (Å²) in [5.41, 5.74) is 0.538. The smallest absolute Gasteiger partial charge is 0.175 e. The Labute approximate surface area is 112 Å². The number of nitrogens with one attached hydrogen (secondary N) is 1. The average molecular weight is 293 g/mol. The summed E-state index contributed by atoms with van der Waals surface area (Å²) in [4.78, 5) is 0. The third kappa shape index (κ3) is 2.97. The lowest BCUT2D eigenvalue weighted by Crippen LogP contribution is -1.97. The maximum Gasteiger partial charge on any atom is 0.175 e. The first kappa shape index (κ1) is 12.4. The third-order valence-corrected chi connectivity index (χ3v) is 2.62. The highest BCUT2D eigenvalue weighted by atomic mass is 35.5. The van der Waals surface area contributed by atoms with E-state index in [0.29, 0.717) is 10.7 Å². The summed E-state index contributed by atoms with van der Waals surface area (Å²) in [6.45, 7) is 0. The summed E-state index contributed by atoms with van der Waals surface area (Å²) in [5.74, 6) is -0.460. The van der Waals surface area contributed by atoms with Crippen LogP contribution in [0.15, 0.2) is 24.3 Å². The van der Waals surface area contributed by atoms with Crippen LogP contribution in [0.2, 0.25) is 15.3 Å². The average Bonchev–Trinajstić information content (AvgIpc) is 2.28. The van der Waals surface area contributed by atoms with Crippen molar-refractivity contribution >= 4 is 46.2 Å². The molecule has 0 unspecified atom stereocenters. The number of halogens is 4. The van der Waals surface area contributed by atoms with Crippen molar-refractivity contribution in [1.82, 2.24) is 10.2 Å². The van der Waals surface area contributed by atoms with Gasteiger partial charge in [-0.25, -0.2) is 4.39 Å². The normalized spacial score (nSPS) is 10.4. The van der Waals surface area contributed by atoms with Crippen molar-refractivity contribution in [2.24, 2.45) is 0 Å². The van der Waals surface area contributed by atoms with E-state index in [2.05, 4.69) is 15.5 Å². The van der Waals surface area contributed by atoms with Gasteiger partial charge in [-0.05, 0) is 18.2 Å². The van der Waals surface area contributed by atoms with E-state index in [1.807, 2.05) is 0 Å². The van der Waals surface area contributed by atoms with Crippen molar-refractivity contribution in [3.63, 3.8) is 0 Å². The standard InChI is InChI=1S/C10H5Cl3FN3/c11-5-1-2-6(14)7(3-5)15-8-4-9(12)16-17-10(8)13/h1-4H,(H,15,16). The molecule has 1 aromatic heterocycles. The molecule has 0 radical (unpaired) electrons. The molecule has 0 spiro atoms. The predicted octanol–water partition coefficient (Wildman–Crippen LogP) is 4.32. The van der Waals surface area contributed by atoms with Crippen LogP contribution in [0.4, 0.5) is 15.8 Å². The lowest BCUT2D eigenvalue weighted by Gasteiger charge is -2.08. The van der Waals surface area contributed by atoms with Crippen molar-refractivity contribution < 1.29 is 4.39 Å². The lowest BCUT2D eigenvalue weighted by atomic mass is 10.3. The van der Waals surface area contributed by atoms with Crippen LogP contribution in [-0.4, -0.2) is 10.2 Å². The van der Waals surface area contributed by atoms with Crippen LogP contribution in [0.1, 0.15) is 0 Å². The SMILES string of the molecule is Fc1ccc(Cl)cc1Nc1cc(Cl)nnc1Cl. The van der Waals surface area contributed by atoms with Gasteiger partial charge in [0.2, 0.25) is 0 Å². The monoisotopic (exact) mass is 291 g/mol. The molecule has 0 atom stereocenters. The maximum atomic E-state index is 13.5. The van der Waals surface area contributed by atoms with E-state index < -0.39 is 5.82 Å². The topological polar surface area (TPSA) is 37.8 Å². The molecule has 17 heavy (non-hydrogen) atoms. The van der Waals surface area contributed by atoms with Gasteiger partial charge in [-0.3, -0.25) is 0 Å². The fraction of sp³-hybridized carbons (Fsp3) is 0. The molecular weight excluding hydrogens is 287 g/mol. The second-order valence-corrected chi connectivity index (χ2v) is 4.30. The van der Waals surface area contributed by atoms with Crippen LogP contribution < -0.4 is 5.32 Å². The Bertz CT molecular complexity index is 513. The molecular formula is C10H5Cl3FN3. The van der Waals surface area contributed by atoms with Crippen LogP contribution in [0.5, 0.6) is 0 Å². The summed E-state index contributed by atoms with van der Waals surface area (Å²) in [7, 11) is 0. The quantitative estimate of drug-likeness (QED) is 0.895. The van der Waals surface area contributed by atoms with Crippen LogP contribution in [0.3, 0.4) is 0 Å². The number of hydrogen-bond acceptors (Lipinski definition) is 3. The van der Waals surface area contributed by atoms with Gasteiger partial charge in [0, 0.05) is 11.1 Å². The van der Waals surface area contributed by atoms with E-state index in [1.54, 1.807) is 0 Å². The van der Waals surface area contributed by atoms with Gasteiger partial charge in [-0.1, -0.05) is 34.8 Å². The Morgan fingerprint density at radius 1 is 1.00 bits per heavy atom. The highest BCUT2D eigenvalue weighted by Gasteiger charge is 2.08. The number of aromatic nitrogens is 2. The zero-order valence-electron chi connectivity index (χ0n) is 8.22. The zero-order chi connectivity index (χ0) is 12.4. The molecule has 0 saturated heterocycles. The first-order chi connectivity index (χ1) is 8.06. The van der Waals surface area contributed by atoms with Crippen molar-refractivity contribution in [3.05, 3.63) is 45.4 Å². The molecule has 0 saturated carbocycles. The van der Waals surface area contributed by atoms with Crippen LogP contribution in [0, 0.1) is 5.82 Å². The van der Waals surface area contributed by atoms with E-state index in [-0.39, 0.29) is 16.0 Å². The molecule has 0 aliphatic carbocycles. The minimum atomic E-state index is -0.460. The first-order valence-corrected chi connectivity index (χ1v) is 5.60. The molecule has 0 fully saturated rings. The van der Waals surface area contributed by atoms with Crippen molar-refractivity contribution in [3.8, 4) is 0 Å². The Morgan fingerprint density at radius 2 is 1.76 bits per heavy atom. The molecule has 88 valence electrons. The van der Waals surface area contributed by atoms with Crippen LogP contribution in [0.25, 0.3) is 0 Å². The largest absolute Gasteiger partial charge is 0.350 e. The molecule has 2 aromatic rings. The summed E-state index contributed by atoms with van der Waals surface area (Å²) in [5, 5.41) is 10.5. The number of nitrogens with zero attached hydrogens (tertiary/aromatic N) is 2. The second kappa shape index (κ2) is 5.04. The van der Waals surface area contributed by atoms with Gasteiger partial charge in [0.25, 0.3) is 0 Å². The predicted molar refractivity (Wildman–Crippen MR) is 66.7 cm³/mol. The van der Waals surface area contributed by atoms with Gasteiger partial charge < -0.3 is 5.32 Å². The summed E-state index contributed by atoms with van der Waals surface area (Å²) < 4.78 is 13.5. The minimum absolute atomic E-state index is 0.0915. The Morgan fingerprint density at radius 3 is 2.53 bits per heavy atom. The molecule has 1 heterocycles. The number of hydrogen-bond donors (Lipinski definition) is 1. The van der Waals surface area contributed by atoms with E-state index in [9.17, 15) is 4.39 Å². The van der Waals surface area contributed by atoms with Crippen LogP contribution >= 0.6 is 34.8 Å². The fourth-order valence-electron chi connectivity index (χ4n) is 1.18. The molecule has 0 amide bonds. The Balaban J connectivity index is 2.37. The highest BCUT2D eigenvalue weighted by molar-refractivity contribution is 6.33. The van der Waals surface area contributed by atoms with Gasteiger partial charge in [0.05, 0.1) is 11.4 Å². The molecule has 1 N–H and O–H groups in total.